The van der Waals surface area contributed by atoms with Gasteiger partial charge in [0.15, 0.2) is 0 Å². The van der Waals surface area contributed by atoms with Gasteiger partial charge in [-0.3, -0.25) is 9.48 Å². The van der Waals surface area contributed by atoms with Gasteiger partial charge < -0.3 is 5.32 Å². The van der Waals surface area contributed by atoms with Gasteiger partial charge in [-0.05, 0) is 44.2 Å². The monoisotopic (exact) mass is 323 g/mol. The van der Waals surface area contributed by atoms with Crippen molar-refractivity contribution in [2.24, 2.45) is 0 Å². The number of hydrogen-bond acceptors (Lipinski definition) is 2. The molecule has 1 amide bonds. The molecule has 2 fully saturated rings. The maximum Gasteiger partial charge on any atom is 0.224 e. The van der Waals surface area contributed by atoms with Crippen molar-refractivity contribution in [2.75, 3.05) is 6.54 Å². The minimum absolute atomic E-state index is 0.0862. The molecule has 2 saturated carbocycles. The lowest BCUT2D eigenvalue weighted by Crippen LogP contribution is -2.29. The summed E-state index contributed by atoms with van der Waals surface area (Å²) in [5.41, 5.74) is 4.91. The number of aryl methyl sites for hydroxylation is 1. The van der Waals surface area contributed by atoms with Gasteiger partial charge in [-0.25, -0.2) is 0 Å². The van der Waals surface area contributed by atoms with E-state index in [9.17, 15) is 4.79 Å². The van der Waals surface area contributed by atoms with E-state index < -0.39 is 0 Å². The van der Waals surface area contributed by atoms with Crippen LogP contribution < -0.4 is 5.32 Å². The van der Waals surface area contributed by atoms with Crippen molar-refractivity contribution in [3.8, 4) is 0 Å². The number of nitrogens with zero attached hydrogens (tertiary/aromatic N) is 2. The predicted octanol–water partition coefficient (Wildman–Crippen LogP) is 3.31. The van der Waals surface area contributed by atoms with Crippen molar-refractivity contribution in [3.63, 3.8) is 0 Å². The number of carbonyl (C=O) groups is 1. The Balaban J connectivity index is 1.31. The second-order valence-electron chi connectivity index (χ2n) is 7.28. The quantitative estimate of drug-likeness (QED) is 0.850. The van der Waals surface area contributed by atoms with Crippen LogP contribution in [-0.2, 0) is 17.8 Å². The maximum absolute atomic E-state index is 12.1. The Labute approximate surface area is 143 Å². The van der Waals surface area contributed by atoms with Gasteiger partial charge in [-0.15, -0.1) is 0 Å². The smallest absolute Gasteiger partial charge is 0.224 e. The lowest BCUT2D eigenvalue weighted by Gasteiger charge is -2.09. The Morgan fingerprint density at radius 3 is 2.71 bits per heavy atom. The highest BCUT2D eigenvalue weighted by molar-refractivity contribution is 5.78. The van der Waals surface area contributed by atoms with Gasteiger partial charge in [-0.2, -0.15) is 5.10 Å². The second kappa shape index (κ2) is 6.42. The lowest BCUT2D eigenvalue weighted by atomic mass is 10.1. The molecule has 0 atom stereocenters. The summed E-state index contributed by atoms with van der Waals surface area (Å²) in [7, 11) is 0. The summed E-state index contributed by atoms with van der Waals surface area (Å²) in [5.74, 6) is 1.48. The summed E-state index contributed by atoms with van der Waals surface area (Å²) in [6, 6.07) is 10.4. The highest BCUT2D eigenvalue weighted by Gasteiger charge is 2.32. The topological polar surface area (TPSA) is 46.9 Å². The Kier molecular flexibility index (Phi) is 4.13. The minimum Gasteiger partial charge on any atom is -0.354 e. The van der Waals surface area contributed by atoms with Crippen molar-refractivity contribution >= 4 is 5.91 Å². The first kappa shape index (κ1) is 15.4. The van der Waals surface area contributed by atoms with Crippen molar-refractivity contribution in [3.05, 3.63) is 52.8 Å². The number of hydrogen-bond donors (Lipinski definition) is 1. The number of amides is 1. The number of nitrogens with one attached hydrogen (secondary N) is 1. The lowest BCUT2D eigenvalue weighted by molar-refractivity contribution is -0.120. The standard InChI is InChI=1S/C20H25N3O/c1-14-3-2-4-15(11-14)12-20(24)21-9-10-23-19(17-7-8-17)13-18(22-23)16-5-6-16/h2-4,11,13,16-17H,5-10,12H2,1H3,(H,21,24). The first-order chi connectivity index (χ1) is 11.7. The Hall–Kier alpha value is -2.10. The van der Waals surface area contributed by atoms with Crippen LogP contribution in [0, 0.1) is 6.92 Å². The van der Waals surface area contributed by atoms with Crippen LogP contribution >= 0.6 is 0 Å². The van der Waals surface area contributed by atoms with Crippen LogP contribution in [0.3, 0.4) is 0 Å². The first-order valence-electron chi connectivity index (χ1n) is 9.09. The van der Waals surface area contributed by atoms with Crippen LogP contribution in [0.5, 0.6) is 0 Å². The molecule has 4 heteroatoms. The van der Waals surface area contributed by atoms with Crippen LogP contribution in [0.4, 0.5) is 0 Å². The summed E-state index contributed by atoms with van der Waals surface area (Å²) in [6.45, 7) is 3.48. The molecule has 1 aromatic carbocycles. The minimum atomic E-state index is 0.0862. The van der Waals surface area contributed by atoms with E-state index in [-0.39, 0.29) is 5.91 Å². The Morgan fingerprint density at radius 2 is 2.00 bits per heavy atom. The van der Waals surface area contributed by atoms with E-state index in [1.165, 1.54) is 42.6 Å². The number of carbonyl (C=O) groups excluding carboxylic acids is 1. The Bertz CT molecular complexity index is 741. The molecule has 2 aromatic rings. The van der Waals surface area contributed by atoms with Gasteiger partial charge in [-0.1, -0.05) is 29.8 Å². The van der Waals surface area contributed by atoms with Gasteiger partial charge in [0.2, 0.25) is 5.91 Å². The molecule has 0 radical (unpaired) electrons. The fourth-order valence-electron chi connectivity index (χ4n) is 3.29. The van der Waals surface area contributed by atoms with Gasteiger partial charge in [0, 0.05) is 24.1 Å². The van der Waals surface area contributed by atoms with Gasteiger partial charge in [0.05, 0.1) is 18.7 Å². The van der Waals surface area contributed by atoms with E-state index in [1.54, 1.807) is 0 Å². The molecule has 4 nitrogen and oxygen atoms in total. The maximum atomic E-state index is 12.1. The van der Waals surface area contributed by atoms with Crippen LogP contribution in [0.15, 0.2) is 30.3 Å². The molecule has 1 aromatic heterocycles. The highest BCUT2D eigenvalue weighted by atomic mass is 16.1. The zero-order valence-electron chi connectivity index (χ0n) is 14.3. The average Bonchev–Trinajstić information content (AvgIpc) is 3.46. The van der Waals surface area contributed by atoms with Gasteiger partial charge >= 0.3 is 0 Å². The molecule has 2 aliphatic carbocycles. The van der Waals surface area contributed by atoms with Crippen LogP contribution in [0.1, 0.15) is 60.0 Å². The fourth-order valence-corrected chi connectivity index (χ4v) is 3.29. The van der Waals surface area contributed by atoms with E-state index in [0.717, 1.165) is 12.1 Å². The van der Waals surface area contributed by atoms with Crippen molar-refractivity contribution in [1.29, 1.82) is 0 Å². The molecule has 4 rings (SSSR count). The fraction of sp³-hybridized carbons (Fsp3) is 0.500. The van der Waals surface area contributed by atoms with Crippen LogP contribution in [-0.4, -0.2) is 22.2 Å². The highest BCUT2D eigenvalue weighted by Crippen LogP contribution is 2.44. The summed E-state index contributed by atoms with van der Waals surface area (Å²) < 4.78 is 2.14. The van der Waals surface area contributed by atoms with Crippen molar-refractivity contribution in [1.82, 2.24) is 15.1 Å². The van der Waals surface area contributed by atoms with Crippen molar-refractivity contribution < 1.29 is 4.79 Å². The second-order valence-corrected chi connectivity index (χ2v) is 7.28. The van der Waals surface area contributed by atoms with Crippen LogP contribution in [0.25, 0.3) is 0 Å². The molecule has 1 heterocycles. The first-order valence-corrected chi connectivity index (χ1v) is 9.09. The molecular weight excluding hydrogens is 298 g/mol. The van der Waals surface area contributed by atoms with Crippen molar-refractivity contribution in [2.45, 2.75) is 57.4 Å². The summed E-state index contributed by atoms with van der Waals surface area (Å²) in [5, 5.41) is 7.83. The van der Waals surface area contributed by atoms with Gasteiger partial charge in [0.25, 0.3) is 0 Å². The normalized spacial score (nSPS) is 17.0. The number of rotatable bonds is 7. The molecule has 0 spiro atoms. The predicted molar refractivity (Wildman–Crippen MR) is 94.1 cm³/mol. The molecule has 0 aliphatic heterocycles. The molecular formula is C20H25N3O. The third-order valence-corrected chi connectivity index (χ3v) is 4.91. The summed E-state index contributed by atoms with van der Waals surface area (Å²) in [6.07, 6.45) is 5.59. The SMILES string of the molecule is Cc1cccc(CC(=O)NCCn2nc(C3CC3)cc2C2CC2)c1. The zero-order chi connectivity index (χ0) is 16.5. The summed E-state index contributed by atoms with van der Waals surface area (Å²) >= 11 is 0. The largest absolute Gasteiger partial charge is 0.354 e. The number of benzene rings is 1. The van der Waals surface area contributed by atoms with E-state index in [2.05, 4.69) is 35.1 Å². The molecule has 126 valence electrons. The zero-order valence-corrected chi connectivity index (χ0v) is 14.3. The Morgan fingerprint density at radius 1 is 1.21 bits per heavy atom. The van der Waals surface area contributed by atoms with E-state index >= 15 is 0 Å². The van der Waals surface area contributed by atoms with E-state index in [1.807, 2.05) is 12.1 Å². The molecule has 24 heavy (non-hydrogen) atoms. The molecule has 2 aliphatic rings. The summed E-state index contributed by atoms with van der Waals surface area (Å²) in [4.78, 5) is 12.1. The average molecular weight is 323 g/mol. The van der Waals surface area contributed by atoms with Crippen LogP contribution in [0.2, 0.25) is 0 Å². The molecule has 0 bridgehead atoms. The van der Waals surface area contributed by atoms with E-state index in [0.29, 0.717) is 24.8 Å². The van der Waals surface area contributed by atoms with Gasteiger partial charge in [0.1, 0.15) is 0 Å². The van der Waals surface area contributed by atoms with E-state index in [4.69, 9.17) is 5.10 Å². The third kappa shape index (κ3) is 3.69. The molecule has 1 N–H and O–H groups in total. The molecule has 0 saturated heterocycles. The third-order valence-electron chi connectivity index (χ3n) is 4.91. The molecule has 0 unspecified atom stereocenters. The number of aromatic nitrogens is 2.